The van der Waals surface area contributed by atoms with Crippen molar-refractivity contribution in [2.75, 3.05) is 6.61 Å². The van der Waals surface area contributed by atoms with Crippen LogP contribution < -0.4 is 5.32 Å². The fourth-order valence-corrected chi connectivity index (χ4v) is 4.05. The summed E-state index contributed by atoms with van der Waals surface area (Å²) in [4.78, 5) is 23.8. The third kappa shape index (κ3) is 4.76. The fourth-order valence-electron chi connectivity index (χ4n) is 3.12. The summed E-state index contributed by atoms with van der Waals surface area (Å²) in [6.07, 6.45) is 0.940. The minimum atomic E-state index is -0.934. The Morgan fingerprint density at radius 1 is 1.26 bits per heavy atom. The van der Waals surface area contributed by atoms with Gasteiger partial charge in [-0.2, -0.15) is 0 Å². The van der Waals surface area contributed by atoms with E-state index in [0.717, 1.165) is 16.9 Å². The third-order valence-corrected chi connectivity index (χ3v) is 5.84. The first-order chi connectivity index (χ1) is 12.7. The predicted molar refractivity (Wildman–Crippen MR) is 105 cm³/mol. The van der Waals surface area contributed by atoms with Crippen LogP contribution in [0.15, 0.2) is 36.4 Å². The van der Waals surface area contributed by atoms with Gasteiger partial charge in [0, 0.05) is 11.3 Å². The Morgan fingerprint density at radius 3 is 2.48 bits per heavy atom. The van der Waals surface area contributed by atoms with E-state index < -0.39 is 5.97 Å². The lowest BCUT2D eigenvalue weighted by molar-refractivity contribution is -0.119. The van der Waals surface area contributed by atoms with Gasteiger partial charge in [0.1, 0.15) is 11.0 Å². The second-order valence-electron chi connectivity index (χ2n) is 7.90. The molecule has 2 N–H and O–H groups in total. The molecule has 0 spiro atoms. The van der Waals surface area contributed by atoms with Crippen LogP contribution in [0.2, 0.25) is 0 Å². The Balaban J connectivity index is 1.84. The standard InChI is InChI=1S/C21H25NO4S/c1-21(2,3)14-6-4-13(5-7-14)19(16-9-10-17(27-16)20(24)25)26-12-15-8-11-18(23)22-15/h4-7,9-10,15,19H,8,11-12H2,1-3H3,(H,22,23)(H,24,25). The van der Waals surface area contributed by atoms with Crippen LogP contribution in [-0.2, 0) is 14.9 Å². The van der Waals surface area contributed by atoms with E-state index in [4.69, 9.17) is 4.74 Å². The van der Waals surface area contributed by atoms with Crippen molar-refractivity contribution in [3.8, 4) is 0 Å². The quantitative estimate of drug-likeness (QED) is 0.781. The lowest BCUT2D eigenvalue weighted by Crippen LogP contribution is -2.30. The first-order valence-electron chi connectivity index (χ1n) is 9.08. The number of aromatic carboxylic acids is 1. The zero-order valence-electron chi connectivity index (χ0n) is 15.8. The van der Waals surface area contributed by atoms with E-state index in [1.165, 1.54) is 16.9 Å². The molecule has 2 heterocycles. The lowest BCUT2D eigenvalue weighted by Gasteiger charge is -2.22. The zero-order chi connectivity index (χ0) is 19.6. The van der Waals surface area contributed by atoms with Crippen molar-refractivity contribution in [1.82, 2.24) is 5.32 Å². The minimum absolute atomic E-state index is 0.00718. The summed E-state index contributed by atoms with van der Waals surface area (Å²) in [5, 5.41) is 12.1. The van der Waals surface area contributed by atoms with Gasteiger partial charge in [-0.15, -0.1) is 11.3 Å². The molecule has 2 atom stereocenters. The monoisotopic (exact) mass is 387 g/mol. The smallest absolute Gasteiger partial charge is 0.345 e. The number of ether oxygens (including phenoxy) is 1. The maximum Gasteiger partial charge on any atom is 0.345 e. The van der Waals surface area contributed by atoms with Crippen molar-refractivity contribution in [3.05, 3.63) is 57.3 Å². The molecule has 2 unspecified atom stereocenters. The summed E-state index contributed by atoms with van der Waals surface area (Å²) >= 11 is 1.22. The molecule has 6 heteroatoms. The molecule has 1 amide bonds. The van der Waals surface area contributed by atoms with Crippen LogP contribution in [-0.4, -0.2) is 29.6 Å². The van der Waals surface area contributed by atoms with Crippen LogP contribution in [0.3, 0.4) is 0 Å². The predicted octanol–water partition coefficient (Wildman–Crippen LogP) is 4.13. The highest BCUT2D eigenvalue weighted by atomic mass is 32.1. The van der Waals surface area contributed by atoms with Crippen LogP contribution in [0.25, 0.3) is 0 Å². The van der Waals surface area contributed by atoms with Gasteiger partial charge in [-0.05, 0) is 35.1 Å². The highest BCUT2D eigenvalue weighted by Gasteiger charge is 2.25. The molecule has 144 valence electrons. The maximum absolute atomic E-state index is 11.4. The van der Waals surface area contributed by atoms with E-state index >= 15 is 0 Å². The number of amides is 1. The second kappa shape index (κ2) is 7.82. The average Bonchev–Trinajstić information content (AvgIpc) is 3.24. The summed E-state index contributed by atoms with van der Waals surface area (Å²) in [5.41, 5.74) is 2.26. The lowest BCUT2D eigenvalue weighted by atomic mass is 9.86. The summed E-state index contributed by atoms with van der Waals surface area (Å²) in [7, 11) is 0. The average molecular weight is 388 g/mol. The Labute approximate surface area is 163 Å². The topological polar surface area (TPSA) is 75.6 Å². The molecular weight excluding hydrogens is 362 g/mol. The second-order valence-corrected chi connectivity index (χ2v) is 9.01. The highest BCUT2D eigenvalue weighted by Crippen LogP contribution is 2.33. The summed E-state index contributed by atoms with van der Waals surface area (Å²) in [5.74, 6) is -0.880. The molecule has 2 aromatic rings. The van der Waals surface area contributed by atoms with Crippen molar-refractivity contribution in [2.24, 2.45) is 0 Å². The molecule has 0 aliphatic carbocycles. The number of hydrogen-bond acceptors (Lipinski definition) is 4. The van der Waals surface area contributed by atoms with Crippen LogP contribution in [0, 0.1) is 0 Å². The summed E-state index contributed by atoms with van der Waals surface area (Å²) in [6, 6.07) is 11.7. The Morgan fingerprint density at radius 2 is 1.96 bits per heavy atom. The first kappa shape index (κ1) is 19.6. The van der Waals surface area contributed by atoms with Gasteiger partial charge in [-0.1, -0.05) is 45.0 Å². The molecule has 0 saturated carbocycles. The van der Waals surface area contributed by atoms with Gasteiger partial charge in [0.25, 0.3) is 0 Å². The molecule has 0 radical (unpaired) electrons. The Bertz CT molecular complexity index is 819. The molecule has 1 aromatic carbocycles. The molecule has 0 bridgehead atoms. The third-order valence-electron chi connectivity index (χ3n) is 4.72. The number of carboxylic acid groups (broad SMARTS) is 1. The van der Waals surface area contributed by atoms with Gasteiger partial charge in [-0.25, -0.2) is 4.79 Å². The van der Waals surface area contributed by atoms with Crippen molar-refractivity contribution >= 4 is 23.2 Å². The number of thiophene rings is 1. The van der Waals surface area contributed by atoms with E-state index in [-0.39, 0.29) is 23.5 Å². The Hall–Kier alpha value is -2.18. The molecule has 27 heavy (non-hydrogen) atoms. The maximum atomic E-state index is 11.4. The number of carboxylic acids is 1. The minimum Gasteiger partial charge on any atom is -0.477 e. The van der Waals surface area contributed by atoms with Crippen LogP contribution in [0.1, 0.15) is 65.4 Å². The number of hydrogen-bond donors (Lipinski definition) is 2. The van der Waals surface area contributed by atoms with E-state index in [1.807, 2.05) is 18.2 Å². The molecule has 3 rings (SSSR count). The van der Waals surface area contributed by atoms with Crippen LogP contribution in [0.5, 0.6) is 0 Å². The van der Waals surface area contributed by atoms with Gasteiger partial charge in [-0.3, -0.25) is 4.79 Å². The van der Waals surface area contributed by atoms with E-state index in [9.17, 15) is 14.7 Å². The number of carbonyl (C=O) groups is 2. The van der Waals surface area contributed by atoms with Crippen molar-refractivity contribution in [3.63, 3.8) is 0 Å². The van der Waals surface area contributed by atoms with Gasteiger partial charge in [0.2, 0.25) is 5.91 Å². The number of nitrogens with one attached hydrogen (secondary N) is 1. The Kier molecular flexibility index (Phi) is 5.67. The highest BCUT2D eigenvalue weighted by molar-refractivity contribution is 7.14. The van der Waals surface area contributed by atoms with Gasteiger partial charge < -0.3 is 15.2 Å². The molecule has 1 aliphatic heterocycles. The molecular formula is C21H25NO4S. The molecule has 1 aliphatic rings. The normalized spacial score (nSPS) is 18.3. The van der Waals surface area contributed by atoms with E-state index in [2.05, 4.69) is 38.2 Å². The van der Waals surface area contributed by atoms with Crippen LogP contribution >= 0.6 is 11.3 Å². The largest absolute Gasteiger partial charge is 0.477 e. The fraction of sp³-hybridized carbons (Fsp3) is 0.429. The molecule has 5 nitrogen and oxygen atoms in total. The summed E-state index contributed by atoms with van der Waals surface area (Å²) in [6.45, 7) is 6.89. The first-order valence-corrected chi connectivity index (χ1v) is 9.90. The molecule has 1 saturated heterocycles. The van der Waals surface area contributed by atoms with Gasteiger partial charge >= 0.3 is 5.97 Å². The molecule has 1 fully saturated rings. The van der Waals surface area contributed by atoms with Crippen molar-refractivity contribution < 1.29 is 19.4 Å². The van der Waals surface area contributed by atoms with Gasteiger partial charge in [0.05, 0.1) is 12.6 Å². The van der Waals surface area contributed by atoms with Crippen LogP contribution in [0.4, 0.5) is 0 Å². The van der Waals surface area contributed by atoms with Gasteiger partial charge in [0.15, 0.2) is 0 Å². The van der Waals surface area contributed by atoms with E-state index in [1.54, 1.807) is 6.07 Å². The molecule has 1 aromatic heterocycles. The van der Waals surface area contributed by atoms with Crippen molar-refractivity contribution in [1.29, 1.82) is 0 Å². The zero-order valence-corrected chi connectivity index (χ0v) is 16.6. The van der Waals surface area contributed by atoms with Crippen molar-refractivity contribution in [2.45, 2.75) is 51.2 Å². The number of rotatable bonds is 6. The number of carbonyl (C=O) groups excluding carboxylic acids is 1. The summed E-state index contributed by atoms with van der Waals surface area (Å²) < 4.78 is 6.17. The number of benzene rings is 1. The SMILES string of the molecule is CC(C)(C)c1ccc(C(OCC2CCC(=O)N2)c2ccc(C(=O)O)s2)cc1. The van der Waals surface area contributed by atoms with E-state index in [0.29, 0.717) is 17.9 Å².